The van der Waals surface area contributed by atoms with E-state index in [9.17, 15) is 19.5 Å². The van der Waals surface area contributed by atoms with Crippen molar-refractivity contribution in [1.29, 1.82) is 0 Å². The van der Waals surface area contributed by atoms with E-state index >= 15 is 0 Å². The fraction of sp³-hybridized carbons (Fsp3) is 0.294. The van der Waals surface area contributed by atoms with Crippen molar-refractivity contribution in [3.8, 4) is 5.69 Å². The first-order valence-corrected chi connectivity index (χ1v) is 7.62. The van der Waals surface area contributed by atoms with Crippen LogP contribution in [0.15, 0.2) is 47.7 Å². The maximum Gasteiger partial charge on any atom is 0.330 e. The van der Waals surface area contributed by atoms with Gasteiger partial charge >= 0.3 is 5.97 Å². The molecule has 2 aromatic rings. The molecule has 8 heteroatoms. The summed E-state index contributed by atoms with van der Waals surface area (Å²) in [6.07, 6.45) is 7.38. The number of aromatic amines is 1. The number of allylic oxidation sites excluding steroid dienone is 1. The Balaban J connectivity index is 2.16. The highest BCUT2D eigenvalue weighted by Gasteiger charge is 2.20. The molecule has 132 valence electrons. The molecule has 2 heterocycles. The fourth-order valence-corrected chi connectivity index (χ4v) is 1.96. The molecule has 1 unspecified atom stereocenters. The molecule has 2 rings (SSSR count). The predicted molar refractivity (Wildman–Crippen MR) is 91.7 cm³/mol. The lowest BCUT2D eigenvalue weighted by Crippen LogP contribution is -2.39. The summed E-state index contributed by atoms with van der Waals surface area (Å²) in [6, 6.07) is 1.82. The van der Waals surface area contributed by atoms with E-state index in [1.54, 1.807) is 12.1 Å². The highest BCUT2D eigenvalue weighted by atomic mass is 16.4. The summed E-state index contributed by atoms with van der Waals surface area (Å²) in [4.78, 5) is 37.4. The van der Waals surface area contributed by atoms with Crippen LogP contribution in [0.2, 0.25) is 0 Å². The Kier molecular flexibility index (Phi) is 5.21. The van der Waals surface area contributed by atoms with Crippen LogP contribution in [0.5, 0.6) is 0 Å². The number of nitrogens with one attached hydrogen (secondary N) is 2. The first-order chi connectivity index (χ1) is 11.7. The van der Waals surface area contributed by atoms with Crippen molar-refractivity contribution in [2.75, 3.05) is 0 Å². The molecule has 1 atom stereocenters. The number of carbonyl (C=O) groups is 2. The molecule has 0 saturated carbocycles. The first kappa shape index (κ1) is 18.2. The van der Waals surface area contributed by atoms with Crippen LogP contribution in [-0.2, 0) is 4.79 Å². The van der Waals surface area contributed by atoms with Crippen LogP contribution in [0.1, 0.15) is 31.1 Å². The molecule has 0 aliphatic rings. The number of aromatic nitrogens is 3. The monoisotopic (exact) mass is 344 g/mol. The second-order valence-corrected chi connectivity index (χ2v) is 6.60. The van der Waals surface area contributed by atoms with Gasteiger partial charge in [-0.1, -0.05) is 32.9 Å². The van der Waals surface area contributed by atoms with Crippen LogP contribution >= 0.6 is 0 Å². The van der Waals surface area contributed by atoms with Crippen LogP contribution in [-0.4, -0.2) is 37.8 Å². The van der Waals surface area contributed by atoms with E-state index in [0.29, 0.717) is 5.69 Å². The Labute approximate surface area is 144 Å². The first-order valence-electron chi connectivity index (χ1n) is 7.62. The van der Waals surface area contributed by atoms with Crippen molar-refractivity contribution >= 4 is 11.9 Å². The maximum atomic E-state index is 12.3. The number of rotatable bonds is 5. The molecule has 0 saturated heterocycles. The summed E-state index contributed by atoms with van der Waals surface area (Å²) >= 11 is 0. The van der Waals surface area contributed by atoms with E-state index in [1.165, 1.54) is 35.4 Å². The second kappa shape index (κ2) is 7.16. The SMILES string of the molecule is CC(C)(C)/C=C/C(NC(=O)c1cnn(-c2cc[nH]c(=O)c2)c1)C(=O)O. The lowest BCUT2D eigenvalue weighted by Gasteiger charge is -2.14. The lowest BCUT2D eigenvalue weighted by molar-refractivity contribution is -0.137. The molecular weight excluding hydrogens is 324 g/mol. The molecule has 25 heavy (non-hydrogen) atoms. The number of carbonyl (C=O) groups excluding carboxylic acids is 1. The third kappa shape index (κ3) is 5.17. The lowest BCUT2D eigenvalue weighted by atomic mass is 9.95. The van der Waals surface area contributed by atoms with Gasteiger partial charge in [-0.05, 0) is 11.5 Å². The number of pyridine rings is 1. The van der Waals surface area contributed by atoms with Crippen molar-refractivity contribution in [2.24, 2.45) is 5.41 Å². The third-order valence-corrected chi connectivity index (χ3v) is 3.21. The number of hydrogen-bond donors (Lipinski definition) is 3. The van der Waals surface area contributed by atoms with Crippen LogP contribution in [0.4, 0.5) is 0 Å². The Bertz CT molecular complexity index is 858. The number of amides is 1. The highest BCUT2D eigenvalue weighted by Crippen LogP contribution is 2.15. The molecule has 0 spiro atoms. The normalized spacial score (nSPS) is 12.9. The van der Waals surface area contributed by atoms with Gasteiger partial charge in [0.05, 0.1) is 17.4 Å². The van der Waals surface area contributed by atoms with Crippen LogP contribution in [0.25, 0.3) is 5.69 Å². The highest BCUT2D eigenvalue weighted by molar-refractivity contribution is 5.96. The van der Waals surface area contributed by atoms with Crippen molar-refractivity contribution in [1.82, 2.24) is 20.1 Å². The molecule has 8 nitrogen and oxygen atoms in total. The van der Waals surface area contributed by atoms with Gasteiger partial charge in [0.25, 0.3) is 5.91 Å². The summed E-state index contributed by atoms with van der Waals surface area (Å²) in [5.41, 5.74) is 0.183. The van der Waals surface area contributed by atoms with E-state index in [2.05, 4.69) is 15.4 Å². The number of carboxylic acid groups (broad SMARTS) is 1. The molecule has 0 fully saturated rings. The minimum Gasteiger partial charge on any atom is -0.479 e. The van der Waals surface area contributed by atoms with Gasteiger partial charge in [0.1, 0.15) is 6.04 Å². The van der Waals surface area contributed by atoms with Gasteiger partial charge in [-0.25, -0.2) is 9.48 Å². The minimum absolute atomic E-state index is 0.190. The van der Waals surface area contributed by atoms with Gasteiger partial charge in [-0.2, -0.15) is 5.10 Å². The van der Waals surface area contributed by atoms with Gasteiger partial charge in [0.15, 0.2) is 0 Å². The average molecular weight is 344 g/mol. The van der Waals surface area contributed by atoms with Gasteiger partial charge in [-0.15, -0.1) is 0 Å². The summed E-state index contributed by atoms with van der Waals surface area (Å²) in [5, 5.41) is 15.7. The Morgan fingerprint density at radius 1 is 1.40 bits per heavy atom. The summed E-state index contributed by atoms with van der Waals surface area (Å²) in [6.45, 7) is 5.78. The van der Waals surface area contributed by atoms with E-state index in [4.69, 9.17) is 0 Å². The molecule has 1 amide bonds. The zero-order valence-corrected chi connectivity index (χ0v) is 14.2. The molecule has 0 aromatic carbocycles. The summed E-state index contributed by atoms with van der Waals surface area (Å²) < 4.78 is 1.37. The van der Waals surface area contributed by atoms with Crippen molar-refractivity contribution in [3.05, 3.63) is 58.8 Å². The Morgan fingerprint density at radius 2 is 2.12 bits per heavy atom. The quantitative estimate of drug-likeness (QED) is 0.708. The Hall–Kier alpha value is -3.16. The third-order valence-electron chi connectivity index (χ3n) is 3.21. The standard InChI is InChI=1S/C17H20N4O4/c1-17(2,3)6-4-13(16(24)25)20-15(23)11-9-19-21(10-11)12-5-7-18-14(22)8-12/h4-10,13H,1-3H3,(H,18,22)(H,20,23)(H,24,25)/b6-4+. The fourth-order valence-electron chi connectivity index (χ4n) is 1.96. The van der Waals surface area contributed by atoms with Crippen molar-refractivity contribution in [3.63, 3.8) is 0 Å². The molecule has 0 aliphatic heterocycles. The van der Waals surface area contributed by atoms with E-state index in [1.807, 2.05) is 20.8 Å². The van der Waals surface area contributed by atoms with E-state index in [-0.39, 0.29) is 16.5 Å². The zero-order valence-electron chi connectivity index (χ0n) is 14.2. The predicted octanol–water partition coefficient (Wildman–Crippen LogP) is 1.35. The van der Waals surface area contributed by atoms with Crippen LogP contribution in [0, 0.1) is 5.41 Å². The van der Waals surface area contributed by atoms with Gasteiger partial charge in [0, 0.05) is 18.5 Å². The number of aliphatic carboxylic acids is 1. The van der Waals surface area contributed by atoms with Crippen molar-refractivity contribution in [2.45, 2.75) is 26.8 Å². The van der Waals surface area contributed by atoms with E-state index < -0.39 is 17.9 Å². The number of carboxylic acids is 1. The molecular formula is C17H20N4O4. The summed E-state index contributed by atoms with van der Waals surface area (Å²) in [5.74, 6) is -1.72. The van der Waals surface area contributed by atoms with Crippen LogP contribution in [0.3, 0.4) is 0 Å². The smallest absolute Gasteiger partial charge is 0.330 e. The molecule has 3 N–H and O–H groups in total. The van der Waals surface area contributed by atoms with Gasteiger partial charge < -0.3 is 15.4 Å². The average Bonchev–Trinajstić information content (AvgIpc) is 3.00. The molecule has 0 radical (unpaired) electrons. The topological polar surface area (TPSA) is 117 Å². The maximum absolute atomic E-state index is 12.3. The second-order valence-electron chi connectivity index (χ2n) is 6.60. The van der Waals surface area contributed by atoms with Gasteiger partial charge in [0.2, 0.25) is 5.56 Å². The number of hydrogen-bond acceptors (Lipinski definition) is 4. The minimum atomic E-state index is -1.16. The molecule has 2 aromatic heterocycles. The molecule has 0 bridgehead atoms. The largest absolute Gasteiger partial charge is 0.479 e. The number of nitrogens with zero attached hydrogens (tertiary/aromatic N) is 2. The van der Waals surface area contributed by atoms with Crippen molar-refractivity contribution < 1.29 is 14.7 Å². The zero-order chi connectivity index (χ0) is 18.6. The van der Waals surface area contributed by atoms with Crippen LogP contribution < -0.4 is 10.9 Å². The molecule has 0 aliphatic carbocycles. The van der Waals surface area contributed by atoms with Gasteiger partial charge in [-0.3, -0.25) is 9.59 Å². The Morgan fingerprint density at radius 3 is 2.72 bits per heavy atom. The summed E-state index contributed by atoms with van der Waals surface area (Å²) in [7, 11) is 0. The van der Waals surface area contributed by atoms with E-state index in [0.717, 1.165) is 0 Å². The number of H-pyrrole nitrogens is 1.